The summed E-state index contributed by atoms with van der Waals surface area (Å²) in [7, 11) is -4.01. The summed E-state index contributed by atoms with van der Waals surface area (Å²) in [6.45, 7) is 0. The van der Waals surface area contributed by atoms with Gasteiger partial charge in [0.15, 0.2) is 0 Å². The van der Waals surface area contributed by atoms with Gasteiger partial charge in [0.25, 0.3) is 10.0 Å². The van der Waals surface area contributed by atoms with Crippen LogP contribution in [-0.2, 0) is 10.0 Å². The van der Waals surface area contributed by atoms with E-state index >= 15 is 0 Å². The molecule has 0 atom stereocenters. The third-order valence-electron chi connectivity index (χ3n) is 2.27. The Morgan fingerprint density at radius 3 is 2.55 bits per heavy atom. The molecule has 1 heterocycles. The second-order valence-electron chi connectivity index (χ2n) is 3.66. The molecule has 0 aliphatic heterocycles. The zero-order chi connectivity index (χ0) is 14.9. The lowest BCUT2D eigenvalue weighted by Gasteiger charge is -2.09. The van der Waals surface area contributed by atoms with E-state index in [4.69, 9.17) is 16.7 Å². The van der Waals surface area contributed by atoms with E-state index in [1.165, 1.54) is 12.1 Å². The summed E-state index contributed by atoms with van der Waals surface area (Å²) in [6.07, 6.45) is 0. The molecule has 20 heavy (non-hydrogen) atoms. The van der Waals surface area contributed by atoms with E-state index < -0.39 is 21.8 Å². The number of carboxylic acid groups (broad SMARTS) is 1. The number of hydrogen-bond donors (Lipinski definition) is 2. The number of rotatable bonds is 4. The molecular formula is C11H7ClFNO4S2. The van der Waals surface area contributed by atoms with Gasteiger partial charge in [-0.2, -0.15) is 0 Å². The van der Waals surface area contributed by atoms with Crippen molar-refractivity contribution in [3.05, 3.63) is 46.0 Å². The molecular weight excluding hydrogens is 329 g/mol. The fraction of sp³-hybridized carbons (Fsp3) is 0. The van der Waals surface area contributed by atoms with E-state index in [1.54, 1.807) is 0 Å². The van der Waals surface area contributed by atoms with Crippen LogP contribution in [0.2, 0.25) is 4.34 Å². The first-order valence-corrected chi connectivity index (χ1v) is 7.78. The molecule has 2 N–H and O–H groups in total. The van der Waals surface area contributed by atoms with Crippen molar-refractivity contribution < 1.29 is 22.7 Å². The van der Waals surface area contributed by atoms with Gasteiger partial charge in [0.1, 0.15) is 10.0 Å². The lowest BCUT2D eigenvalue weighted by molar-refractivity contribution is 0.0698. The summed E-state index contributed by atoms with van der Waals surface area (Å²) < 4.78 is 39.4. The van der Waals surface area contributed by atoms with E-state index in [-0.39, 0.29) is 19.8 Å². The topological polar surface area (TPSA) is 83.5 Å². The van der Waals surface area contributed by atoms with Crippen molar-refractivity contribution >= 4 is 44.6 Å². The number of benzene rings is 1. The normalized spacial score (nSPS) is 11.3. The third-order valence-corrected chi connectivity index (χ3v) is 5.36. The quantitative estimate of drug-likeness (QED) is 0.899. The van der Waals surface area contributed by atoms with E-state index in [1.807, 2.05) is 4.72 Å². The van der Waals surface area contributed by atoms with Crippen molar-refractivity contribution in [2.45, 2.75) is 4.21 Å². The maximum Gasteiger partial charge on any atom is 0.337 e. The Morgan fingerprint density at radius 1 is 1.30 bits per heavy atom. The summed E-state index contributed by atoms with van der Waals surface area (Å²) in [5, 5.41) is 8.95. The van der Waals surface area contributed by atoms with Gasteiger partial charge < -0.3 is 5.11 Å². The molecule has 0 amide bonds. The monoisotopic (exact) mass is 335 g/mol. The molecule has 9 heteroatoms. The van der Waals surface area contributed by atoms with Gasteiger partial charge in [-0.1, -0.05) is 11.6 Å². The molecule has 106 valence electrons. The lowest BCUT2D eigenvalue weighted by Crippen LogP contribution is -2.14. The van der Waals surface area contributed by atoms with Crippen LogP contribution in [0.4, 0.5) is 10.1 Å². The van der Waals surface area contributed by atoms with Crippen LogP contribution in [0, 0.1) is 5.82 Å². The largest absolute Gasteiger partial charge is 0.478 e. The highest BCUT2D eigenvalue weighted by Crippen LogP contribution is 2.28. The number of anilines is 1. The Bertz CT molecular complexity index is 772. The standard InChI is InChI=1S/C11H7ClFNO4S2/c12-9-3-4-10(19-9)20(17,18)14-8-5-6(13)1-2-7(8)11(15)16/h1-5,14H,(H,15,16). The van der Waals surface area contributed by atoms with Gasteiger partial charge in [-0.25, -0.2) is 17.6 Å². The van der Waals surface area contributed by atoms with Gasteiger partial charge in [0.05, 0.1) is 15.6 Å². The summed E-state index contributed by atoms with van der Waals surface area (Å²) >= 11 is 6.45. The SMILES string of the molecule is O=C(O)c1ccc(F)cc1NS(=O)(=O)c1ccc(Cl)s1. The number of carbonyl (C=O) groups is 1. The Morgan fingerprint density at radius 2 is 2.00 bits per heavy atom. The van der Waals surface area contributed by atoms with E-state index in [2.05, 4.69) is 0 Å². The Labute approximate surface area is 122 Å². The second kappa shape index (κ2) is 5.39. The minimum Gasteiger partial charge on any atom is -0.478 e. The number of thiophene rings is 1. The molecule has 1 aromatic carbocycles. The zero-order valence-electron chi connectivity index (χ0n) is 9.63. The van der Waals surface area contributed by atoms with Crippen LogP contribution in [0.5, 0.6) is 0 Å². The van der Waals surface area contributed by atoms with Crippen LogP contribution in [0.15, 0.2) is 34.5 Å². The van der Waals surface area contributed by atoms with Crippen LogP contribution in [-0.4, -0.2) is 19.5 Å². The molecule has 0 fully saturated rings. The predicted octanol–water partition coefficient (Wildman–Crippen LogP) is 3.04. The fourth-order valence-electron chi connectivity index (χ4n) is 1.42. The smallest absolute Gasteiger partial charge is 0.337 e. The van der Waals surface area contributed by atoms with Gasteiger partial charge in [0.2, 0.25) is 0 Å². The first-order chi connectivity index (χ1) is 9.29. The first kappa shape index (κ1) is 14.8. The molecule has 0 saturated heterocycles. The van der Waals surface area contributed by atoms with Gasteiger partial charge in [0, 0.05) is 0 Å². The van der Waals surface area contributed by atoms with Crippen LogP contribution in [0.25, 0.3) is 0 Å². The Hall–Kier alpha value is -1.64. The second-order valence-corrected chi connectivity index (χ2v) is 7.28. The van der Waals surface area contributed by atoms with Crippen LogP contribution < -0.4 is 4.72 Å². The van der Waals surface area contributed by atoms with Gasteiger partial charge in [-0.3, -0.25) is 4.72 Å². The molecule has 0 saturated carbocycles. The summed E-state index contributed by atoms with van der Waals surface area (Å²) in [5.41, 5.74) is -0.695. The van der Waals surface area contributed by atoms with E-state index in [0.717, 1.165) is 29.5 Å². The van der Waals surface area contributed by atoms with Crippen molar-refractivity contribution in [1.82, 2.24) is 0 Å². The molecule has 0 radical (unpaired) electrons. The molecule has 0 aliphatic carbocycles. The highest BCUT2D eigenvalue weighted by molar-refractivity contribution is 7.94. The van der Waals surface area contributed by atoms with Gasteiger partial charge >= 0.3 is 5.97 Å². The molecule has 0 spiro atoms. The van der Waals surface area contributed by atoms with Crippen LogP contribution in [0.3, 0.4) is 0 Å². The average molecular weight is 336 g/mol. The van der Waals surface area contributed by atoms with Crippen LogP contribution in [0.1, 0.15) is 10.4 Å². The summed E-state index contributed by atoms with van der Waals surface area (Å²) in [5.74, 6) is -2.12. The number of nitrogens with one attached hydrogen (secondary N) is 1. The number of carboxylic acids is 1. The van der Waals surface area contributed by atoms with Crippen molar-refractivity contribution in [2.24, 2.45) is 0 Å². The van der Waals surface area contributed by atoms with Crippen LogP contribution >= 0.6 is 22.9 Å². The molecule has 0 unspecified atom stereocenters. The number of hydrogen-bond acceptors (Lipinski definition) is 4. The Balaban J connectivity index is 2.44. The minimum absolute atomic E-state index is 0.0944. The van der Waals surface area contributed by atoms with E-state index in [9.17, 15) is 17.6 Å². The Kier molecular flexibility index (Phi) is 3.98. The first-order valence-electron chi connectivity index (χ1n) is 5.10. The molecule has 2 aromatic rings. The number of aromatic carboxylic acids is 1. The lowest BCUT2D eigenvalue weighted by atomic mass is 10.2. The summed E-state index contributed by atoms with van der Waals surface area (Å²) in [6, 6.07) is 5.38. The molecule has 0 bridgehead atoms. The highest BCUT2D eigenvalue weighted by Gasteiger charge is 2.20. The third kappa shape index (κ3) is 3.09. The molecule has 1 aromatic heterocycles. The zero-order valence-corrected chi connectivity index (χ0v) is 12.0. The number of halogens is 2. The highest BCUT2D eigenvalue weighted by atomic mass is 35.5. The molecule has 2 rings (SSSR count). The van der Waals surface area contributed by atoms with Gasteiger partial charge in [-0.15, -0.1) is 11.3 Å². The van der Waals surface area contributed by atoms with E-state index in [0.29, 0.717) is 0 Å². The maximum atomic E-state index is 13.1. The van der Waals surface area contributed by atoms with Gasteiger partial charge in [-0.05, 0) is 30.3 Å². The average Bonchev–Trinajstić information content (AvgIpc) is 2.75. The number of sulfonamides is 1. The van der Waals surface area contributed by atoms with Crippen molar-refractivity contribution in [1.29, 1.82) is 0 Å². The summed E-state index contributed by atoms with van der Waals surface area (Å²) in [4.78, 5) is 11.0. The van der Waals surface area contributed by atoms with Crippen molar-refractivity contribution in [3.63, 3.8) is 0 Å². The minimum atomic E-state index is -4.01. The maximum absolute atomic E-state index is 13.1. The molecule has 0 aliphatic rings. The predicted molar refractivity (Wildman–Crippen MR) is 73.5 cm³/mol. The van der Waals surface area contributed by atoms with Crippen molar-refractivity contribution in [3.8, 4) is 0 Å². The fourth-order valence-corrected chi connectivity index (χ4v) is 3.98. The van der Waals surface area contributed by atoms with Crippen molar-refractivity contribution in [2.75, 3.05) is 4.72 Å². The molecule has 5 nitrogen and oxygen atoms in total.